The third-order valence-corrected chi connectivity index (χ3v) is 4.25. The number of benzene rings is 2. The van der Waals surface area contributed by atoms with E-state index in [4.69, 9.17) is 22.3 Å². The number of carbonyl (C=O) groups is 1. The summed E-state index contributed by atoms with van der Waals surface area (Å²) in [6.07, 6.45) is 0. The number of hydrogen-bond donors (Lipinski definition) is 5. The first kappa shape index (κ1) is 17.6. The number of nitrogens with one attached hydrogen (secondary N) is 3. The molecule has 7 heteroatoms. The van der Waals surface area contributed by atoms with E-state index in [0.29, 0.717) is 29.0 Å². The number of carbonyl (C=O) groups excluding carboxylic acids is 1. The molecule has 2 rings (SSSR count). The van der Waals surface area contributed by atoms with Crippen molar-refractivity contribution in [3.8, 4) is 0 Å². The largest absolute Gasteiger partial charge is 0.384 e. The van der Waals surface area contributed by atoms with Crippen molar-refractivity contribution in [1.82, 2.24) is 5.32 Å². The lowest BCUT2D eigenvalue weighted by molar-refractivity contribution is 0.0956. The Labute approximate surface area is 144 Å². The summed E-state index contributed by atoms with van der Waals surface area (Å²) in [6.45, 7) is 0.516. The van der Waals surface area contributed by atoms with Gasteiger partial charge >= 0.3 is 0 Å². The third-order valence-electron chi connectivity index (χ3n) is 3.26. The number of thioether (sulfide) groups is 1. The average molecular weight is 341 g/mol. The molecule has 124 valence electrons. The first-order valence-corrected chi connectivity index (χ1v) is 8.26. The molecule has 0 saturated heterocycles. The molecule has 0 aliphatic heterocycles. The number of hydrogen-bond acceptors (Lipinski definition) is 4. The molecular formula is C17H19N5OS. The van der Waals surface area contributed by atoms with Gasteiger partial charge < -0.3 is 16.8 Å². The van der Waals surface area contributed by atoms with E-state index in [-0.39, 0.29) is 17.6 Å². The molecule has 0 fully saturated rings. The Morgan fingerprint density at radius 2 is 1.58 bits per heavy atom. The Kier molecular flexibility index (Phi) is 5.97. The van der Waals surface area contributed by atoms with E-state index in [1.165, 1.54) is 0 Å². The quantitative estimate of drug-likeness (QED) is 0.227. The van der Waals surface area contributed by atoms with E-state index < -0.39 is 0 Å². The van der Waals surface area contributed by atoms with Crippen LogP contribution in [0.5, 0.6) is 0 Å². The molecule has 0 aromatic heterocycles. The number of amidine groups is 2. The molecule has 0 aliphatic carbocycles. The fourth-order valence-electron chi connectivity index (χ4n) is 1.99. The topological polar surface area (TPSA) is 129 Å². The van der Waals surface area contributed by atoms with Gasteiger partial charge in [0.05, 0.1) is 0 Å². The Balaban J connectivity index is 1.81. The summed E-state index contributed by atoms with van der Waals surface area (Å²) in [6, 6.07) is 14.0. The zero-order valence-corrected chi connectivity index (χ0v) is 13.8. The molecule has 0 bridgehead atoms. The molecule has 24 heavy (non-hydrogen) atoms. The summed E-state index contributed by atoms with van der Waals surface area (Å²) in [7, 11) is 0. The van der Waals surface area contributed by atoms with E-state index in [9.17, 15) is 4.79 Å². The molecule has 1 amide bonds. The second kappa shape index (κ2) is 8.16. The van der Waals surface area contributed by atoms with Crippen molar-refractivity contribution in [2.24, 2.45) is 11.5 Å². The van der Waals surface area contributed by atoms with Crippen LogP contribution < -0.4 is 16.8 Å². The Bertz CT molecular complexity index is 758. The van der Waals surface area contributed by atoms with Gasteiger partial charge in [0.1, 0.15) is 11.7 Å². The van der Waals surface area contributed by atoms with Crippen LogP contribution in [0, 0.1) is 10.8 Å². The van der Waals surface area contributed by atoms with Crippen molar-refractivity contribution < 1.29 is 4.79 Å². The van der Waals surface area contributed by atoms with Gasteiger partial charge in [-0.25, -0.2) is 0 Å². The summed E-state index contributed by atoms with van der Waals surface area (Å²) >= 11 is 1.58. The van der Waals surface area contributed by atoms with E-state index >= 15 is 0 Å². The van der Waals surface area contributed by atoms with Crippen LogP contribution in [0.25, 0.3) is 0 Å². The Morgan fingerprint density at radius 3 is 2.21 bits per heavy atom. The molecule has 0 heterocycles. The normalized spacial score (nSPS) is 10.2. The van der Waals surface area contributed by atoms with E-state index in [0.717, 1.165) is 4.90 Å². The van der Waals surface area contributed by atoms with Crippen LogP contribution in [0.4, 0.5) is 0 Å². The van der Waals surface area contributed by atoms with Crippen LogP contribution in [0.2, 0.25) is 0 Å². The lowest BCUT2D eigenvalue weighted by Crippen LogP contribution is -2.25. The van der Waals surface area contributed by atoms with E-state index in [1.54, 1.807) is 42.1 Å². The SMILES string of the molecule is N=C(N)c1ccc(C(=O)NCCSc2cccc(C(=N)N)c2)cc1. The van der Waals surface area contributed by atoms with Crippen LogP contribution in [0.1, 0.15) is 21.5 Å². The monoisotopic (exact) mass is 341 g/mol. The van der Waals surface area contributed by atoms with Gasteiger partial charge in [-0.2, -0.15) is 0 Å². The average Bonchev–Trinajstić information content (AvgIpc) is 2.59. The smallest absolute Gasteiger partial charge is 0.251 e. The van der Waals surface area contributed by atoms with Crippen molar-refractivity contribution >= 4 is 29.3 Å². The maximum Gasteiger partial charge on any atom is 0.251 e. The predicted molar refractivity (Wildman–Crippen MR) is 98.0 cm³/mol. The van der Waals surface area contributed by atoms with Gasteiger partial charge in [0, 0.05) is 33.9 Å². The molecule has 0 aliphatic rings. The van der Waals surface area contributed by atoms with Crippen LogP contribution in [-0.4, -0.2) is 29.9 Å². The van der Waals surface area contributed by atoms with E-state index in [1.807, 2.05) is 18.2 Å². The van der Waals surface area contributed by atoms with Gasteiger partial charge in [0.2, 0.25) is 0 Å². The molecule has 6 nitrogen and oxygen atoms in total. The standard InChI is InChI=1S/C17H19N5OS/c18-15(19)11-4-6-12(7-5-11)17(23)22-8-9-24-14-3-1-2-13(10-14)16(20)21/h1-7,10H,8-9H2,(H3,18,19)(H3,20,21)(H,22,23). The van der Waals surface area contributed by atoms with E-state index in [2.05, 4.69) is 5.32 Å². The highest BCUT2D eigenvalue weighted by atomic mass is 32.2. The lowest BCUT2D eigenvalue weighted by atomic mass is 10.1. The van der Waals surface area contributed by atoms with Gasteiger partial charge in [-0.05, 0) is 24.3 Å². The highest BCUT2D eigenvalue weighted by molar-refractivity contribution is 7.99. The van der Waals surface area contributed by atoms with Crippen LogP contribution in [-0.2, 0) is 0 Å². The molecular weight excluding hydrogens is 322 g/mol. The second-order valence-electron chi connectivity index (χ2n) is 5.04. The predicted octanol–water partition coefficient (Wildman–Crippen LogP) is 1.78. The number of nitrogens with two attached hydrogens (primary N) is 2. The maximum absolute atomic E-state index is 12.0. The fraction of sp³-hybridized carbons (Fsp3) is 0.118. The van der Waals surface area contributed by atoms with Gasteiger partial charge in [-0.3, -0.25) is 15.6 Å². The zero-order chi connectivity index (χ0) is 17.5. The highest BCUT2D eigenvalue weighted by Crippen LogP contribution is 2.18. The molecule has 7 N–H and O–H groups in total. The minimum absolute atomic E-state index is 0.0221. The zero-order valence-electron chi connectivity index (χ0n) is 13.0. The maximum atomic E-state index is 12.0. The summed E-state index contributed by atoms with van der Waals surface area (Å²) in [5.41, 5.74) is 12.7. The van der Waals surface area contributed by atoms with Crippen LogP contribution in [0.15, 0.2) is 53.4 Å². The lowest BCUT2D eigenvalue weighted by Gasteiger charge is -2.07. The summed E-state index contributed by atoms with van der Waals surface area (Å²) in [5.74, 6) is 0.563. The summed E-state index contributed by atoms with van der Waals surface area (Å²) < 4.78 is 0. The summed E-state index contributed by atoms with van der Waals surface area (Å²) in [5, 5.41) is 17.6. The number of rotatable bonds is 7. The van der Waals surface area contributed by atoms with Gasteiger partial charge in [-0.1, -0.05) is 24.3 Å². The van der Waals surface area contributed by atoms with Gasteiger partial charge in [-0.15, -0.1) is 11.8 Å². The molecule has 0 unspecified atom stereocenters. The second-order valence-corrected chi connectivity index (χ2v) is 6.21. The van der Waals surface area contributed by atoms with Crippen molar-refractivity contribution in [2.45, 2.75) is 4.90 Å². The molecule has 2 aromatic carbocycles. The van der Waals surface area contributed by atoms with Gasteiger partial charge in [0.25, 0.3) is 5.91 Å². The minimum Gasteiger partial charge on any atom is -0.384 e. The Morgan fingerprint density at radius 1 is 0.958 bits per heavy atom. The van der Waals surface area contributed by atoms with Crippen LogP contribution >= 0.6 is 11.8 Å². The molecule has 0 atom stereocenters. The number of amides is 1. The first-order valence-electron chi connectivity index (χ1n) is 7.27. The van der Waals surface area contributed by atoms with Crippen LogP contribution in [0.3, 0.4) is 0 Å². The van der Waals surface area contributed by atoms with Crippen molar-refractivity contribution in [3.05, 3.63) is 65.2 Å². The molecule has 0 spiro atoms. The van der Waals surface area contributed by atoms with Crippen molar-refractivity contribution in [1.29, 1.82) is 10.8 Å². The summed E-state index contributed by atoms with van der Waals surface area (Å²) in [4.78, 5) is 13.0. The molecule has 2 aromatic rings. The van der Waals surface area contributed by atoms with Gasteiger partial charge in [0.15, 0.2) is 0 Å². The highest BCUT2D eigenvalue weighted by Gasteiger charge is 2.06. The minimum atomic E-state index is -0.164. The van der Waals surface area contributed by atoms with Crippen molar-refractivity contribution in [2.75, 3.05) is 12.3 Å². The molecule has 0 radical (unpaired) electrons. The molecule has 0 saturated carbocycles. The Hall–Kier alpha value is -2.80. The third kappa shape index (κ3) is 4.85. The van der Waals surface area contributed by atoms with Crippen molar-refractivity contribution in [3.63, 3.8) is 0 Å². The number of nitrogen functional groups attached to an aromatic ring is 2. The fourth-order valence-corrected chi connectivity index (χ4v) is 2.82. The first-order chi connectivity index (χ1) is 11.5.